The van der Waals surface area contributed by atoms with E-state index in [-0.39, 0.29) is 6.10 Å². The fourth-order valence-electron chi connectivity index (χ4n) is 2.54. The predicted molar refractivity (Wildman–Crippen MR) is 86.0 cm³/mol. The Labute approximate surface area is 128 Å². The molecule has 0 saturated heterocycles. The number of nitrogens with one attached hydrogen (secondary N) is 1. The van der Waals surface area contributed by atoms with Crippen LogP contribution in [0.15, 0.2) is 53.0 Å². The van der Waals surface area contributed by atoms with Crippen LogP contribution in [-0.2, 0) is 17.8 Å². The molecule has 3 rings (SSSR count). The molecule has 1 aliphatic rings. The Morgan fingerprint density at radius 2 is 2.05 bits per heavy atom. The first-order valence-corrected chi connectivity index (χ1v) is 7.78. The number of rotatable bonds is 3. The molecule has 0 bridgehead atoms. The molecule has 0 fully saturated rings. The lowest BCUT2D eigenvalue weighted by molar-refractivity contribution is 0.0448. The quantitative estimate of drug-likeness (QED) is 0.900. The number of hydrogen-bond acceptors (Lipinski definition) is 2. The third kappa shape index (κ3) is 3.41. The first-order valence-electron chi connectivity index (χ1n) is 6.99. The average Bonchev–Trinajstić information content (AvgIpc) is 2.68. The van der Waals surface area contributed by atoms with Gasteiger partial charge in [-0.15, -0.1) is 0 Å². The first kappa shape index (κ1) is 13.7. The Hall–Kier alpha value is -1.32. The normalized spacial score (nSPS) is 17.9. The molecule has 2 aromatic rings. The maximum atomic E-state index is 6.05. The van der Waals surface area contributed by atoms with E-state index in [0.717, 1.165) is 23.9 Å². The van der Waals surface area contributed by atoms with Crippen molar-refractivity contribution in [3.63, 3.8) is 0 Å². The van der Waals surface area contributed by atoms with Crippen molar-refractivity contribution in [2.24, 2.45) is 0 Å². The fraction of sp³-hybridized carbons (Fsp3) is 0.294. The van der Waals surface area contributed by atoms with Gasteiger partial charge in [0.25, 0.3) is 0 Å². The number of benzene rings is 2. The summed E-state index contributed by atoms with van der Waals surface area (Å²) < 4.78 is 7.15. The van der Waals surface area contributed by atoms with Crippen LogP contribution in [0.1, 0.15) is 17.5 Å². The Bertz CT molecular complexity index is 558. The zero-order chi connectivity index (χ0) is 13.8. The van der Waals surface area contributed by atoms with Gasteiger partial charge in [-0.25, -0.2) is 0 Å². The van der Waals surface area contributed by atoms with Crippen molar-refractivity contribution < 1.29 is 4.74 Å². The molecule has 2 nitrogen and oxygen atoms in total. The van der Waals surface area contributed by atoms with Crippen LogP contribution in [0.2, 0.25) is 0 Å². The van der Waals surface area contributed by atoms with E-state index in [1.165, 1.54) is 16.8 Å². The Kier molecular flexibility index (Phi) is 4.38. The molecule has 1 N–H and O–H groups in total. The molecule has 0 aliphatic carbocycles. The molecule has 1 aliphatic heterocycles. The van der Waals surface area contributed by atoms with E-state index < -0.39 is 0 Å². The first-order chi connectivity index (χ1) is 9.81. The highest BCUT2D eigenvalue weighted by Crippen LogP contribution is 2.22. The number of ether oxygens (including phenoxy) is 1. The van der Waals surface area contributed by atoms with Crippen molar-refractivity contribution in [3.05, 3.63) is 64.1 Å². The molecule has 1 unspecified atom stereocenters. The highest BCUT2D eigenvalue weighted by Gasteiger charge is 2.15. The number of aryl methyl sites for hydroxylation is 1. The van der Waals surface area contributed by atoms with Gasteiger partial charge < -0.3 is 10.1 Å². The maximum absolute atomic E-state index is 6.05. The molecule has 0 radical (unpaired) electrons. The van der Waals surface area contributed by atoms with Gasteiger partial charge in [0.1, 0.15) is 0 Å². The summed E-state index contributed by atoms with van der Waals surface area (Å²) in [6, 6.07) is 16.8. The molecule has 0 spiro atoms. The third-order valence-electron chi connectivity index (χ3n) is 3.65. The molecule has 3 heteroatoms. The van der Waals surface area contributed by atoms with E-state index in [1.54, 1.807) is 0 Å². The maximum Gasteiger partial charge on any atom is 0.0755 e. The van der Waals surface area contributed by atoms with Crippen molar-refractivity contribution in [1.29, 1.82) is 0 Å². The monoisotopic (exact) mass is 331 g/mol. The molecule has 1 heterocycles. The standard InChI is InChI=1S/C17H18BrNO/c18-15-6-3-4-13(10-15)12-20-16-9-8-14-5-1-2-7-17(14)19-11-16/h1-7,10,16,19H,8-9,11-12H2. The van der Waals surface area contributed by atoms with Crippen LogP contribution in [-0.4, -0.2) is 12.6 Å². The second-order valence-corrected chi connectivity index (χ2v) is 6.06. The highest BCUT2D eigenvalue weighted by atomic mass is 79.9. The second-order valence-electron chi connectivity index (χ2n) is 5.14. The number of halogens is 1. The summed E-state index contributed by atoms with van der Waals surface area (Å²) in [5.41, 5.74) is 3.85. The summed E-state index contributed by atoms with van der Waals surface area (Å²) >= 11 is 3.49. The largest absolute Gasteiger partial charge is 0.382 e. The summed E-state index contributed by atoms with van der Waals surface area (Å²) in [4.78, 5) is 0. The van der Waals surface area contributed by atoms with E-state index in [4.69, 9.17) is 4.74 Å². The van der Waals surface area contributed by atoms with E-state index in [0.29, 0.717) is 6.61 Å². The van der Waals surface area contributed by atoms with Crippen molar-refractivity contribution in [1.82, 2.24) is 0 Å². The van der Waals surface area contributed by atoms with E-state index >= 15 is 0 Å². The molecular formula is C17H18BrNO. The van der Waals surface area contributed by atoms with Crippen LogP contribution >= 0.6 is 15.9 Å². The Morgan fingerprint density at radius 3 is 2.95 bits per heavy atom. The van der Waals surface area contributed by atoms with Crippen LogP contribution in [0.4, 0.5) is 5.69 Å². The minimum absolute atomic E-state index is 0.265. The van der Waals surface area contributed by atoms with Crippen LogP contribution in [0.5, 0.6) is 0 Å². The van der Waals surface area contributed by atoms with Crippen molar-refractivity contribution in [2.75, 3.05) is 11.9 Å². The molecule has 0 amide bonds. The van der Waals surface area contributed by atoms with Gasteiger partial charge in [-0.3, -0.25) is 0 Å². The van der Waals surface area contributed by atoms with Gasteiger partial charge in [-0.05, 0) is 42.2 Å². The molecular weight excluding hydrogens is 314 g/mol. The average molecular weight is 332 g/mol. The second kappa shape index (κ2) is 6.42. The summed E-state index contributed by atoms with van der Waals surface area (Å²) in [6.07, 6.45) is 2.41. The molecule has 0 aromatic heterocycles. The lowest BCUT2D eigenvalue weighted by atomic mass is 10.1. The molecule has 0 saturated carbocycles. The summed E-state index contributed by atoms with van der Waals surface area (Å²) in [5.74, 6) is 0. The van der Waals surface area contributed by atoms with Gasteiger partial charge in [0, 0.05) is 16.7 Å². The van der Waals surface area contributed by atoms with Gasteiger partial charge in [-0.1, -0.05) is 46.3 Å². The number of anilines is 1. The van der Waals surface area contributed by atoms with E-state index in [1.807, 2.05) is 12.1 Å². The SMILES string of the molecule is Brc1cccc(COC2CCc3ccccc3NC2)c1. The zero-order valence-corrected chi connectivity index (χ0v) is 12.9. The van der Waals surface area contributed by atoms with Crippen LogP contribution in [0.3, 0.4) is 0 Å². The topological polar surface area (TPSA) is 21.3 Å². The van der Waals surface area contributed by atoms with Gasteiger partial charge in [0.2, 0.25) is 0 Å². The lowest BCUT2D eigenvalue weighted by Gasteiger charge is -2.16. The molecule has 1 atom stereocenters. The van der Waals surface area contributed by atoms with Crippen LogP contribution in [0.25, 0.3) is 0 Å². The van der Waals surface area contributed by atoms with Crippen LogP contribution in [0, 0.1) is 0 Å². The summed E-state index contributed by atoms with van der Waals surface area (Å²) in [6.45, 7) is 1.55. The Balaban J connectivity index is 1.58. The highest BCUT2D eigenvalue weighted by molar-refractivity contribution is 9.10. The lowest BCUT2D eigenvalue weighted by Crippen LogP contribution is -2.21. The van der Waals surface area contributed by atoms with Gasteiger partial charge in [0.05, 0.1) is 12.7 Å². The minimum Gasteiger partial charge on any atom is -0.382 e. The zero-order valence-electron chi connectivity index (χ0n) is 11.3. The number of hydrogen-bond donors (Lipinski definition) is 1. The summed E-state index contributed by atoms with van der Waals surface area (Å²) in [5, 5.41) is 3.49. The van der Waals surface area contributed by atoms with Crippen molar-refractivity contribution in [3.8, 4) is 0 Å². The van der Waals surface area contributed by atoms with Gasteiger partial charge in [0.15, 0.2) is 0 Å². The Morgan fingerprint density at radius 1 is 1.15 bits per heavy atom. The third-order valence-corrected chi connectivity index (χ3v) is 4.14. The molecule has 2 aromatic carbocycles. The van der Waals surface area contributed by atoms with E-state index in [9.17, 15) is 0 Å². The van der Waals surface area contributed by atoms with Crippen molar-refractivity contribution in [2.45, 2.75) is 25.6 Å². The number of fused-ring (bicyclic) bond motifs is 1. The van der Waals surface area contributed by atoms with Crippen molar-refractivity contribution >= 4 is 21.6 Å². The van der Waals surface area contributed by atoms with Gasteiger partial charge in [-0.2, -0.15) is 0 Å². The van der Waals surface area contributed by atoms with E-state index in [2.05, 4.69) is 57.6 Å². The number of para-hydroxylation sites is 1. The molecule has 104 valence electrons. The minimum atomic E-state index is 0.265. The predicted octanol–water partition coefficient (Wildman–Crippen LogP) is 4.39. The smallest absolute Gasteiger partial charge is 0.0755 e. The van der Waals surface area contributed by atoms with Gasteiger partial charge >= 0.3 is 0 Å². The summed E-state index contributed by atoms with van der Waals surface area (Å²) in [7, 11) is 0. The van der Waals surface area contributed by atoms with Crippen LogP contribution < -0.4 is 5.32 Å². The molecule has 20 heavy (non-hydrogen) atoms. The fourth-order valence-corrected chi connectivity index (χ4v) is 2.98.